The standard InChI is InChI=1S/C90H62N2/c1-3-19-67(20-4-1)89(69-43-37-57-33-35-61(57)49-69)81-29-11-7-25-73(81)75-45-39-65(55-83(75)89)59-17-15-23-71(51-59)91-85-31-13-9-27-77(85)79-53-63(41-47-87(79)91)64-42-48-88-80(54-64)78-28-10-14-32-86(78)92(88)72-24-16-18-60(52-72)66-40-46-76-74-26-8-12-30-82(74)90(84(76)56-66,68-21-5-2-6-22-68)70-44-38-58-34-36-62(58)50-70/h1-9,11-27,29-32,37-56H,10,28,33-36H2. The van der Waals surface area contributed by atoms with Crippen molar-refractivity contribution in [3.8, 4) is 67.0 Å². The van der Waals surface area contributed by atoms with Gasteiger partial charge >= 0.3 is 0 Å². The molecule has 92 heavy (non-hydrogen) atoms. The average molecular weight is 1170 g/mol. The van der Waals surface area contributed by atoms with Gasteiger partial charge in [0.25, 0.3) is 0 Å². The van der Waals surface area contributed by atoms with Crippen molar-refractivity contribution >= 4 is 38.8 Å². The SMILES string of the molecule is C1=Cc2c(c3cc(-c4ccc5c(c4)c4ccccc4n5-c4cccc(-c5ccc6c(c5)C(c5ccccc5)(c5ccc7c(c5)CC7)c5ccccc5-6)c4)ccc3n2-c2cccc(-c3ccc4c(c3)C(c3ccccc3)(c3ccc5c(c3)CC5)c3ccccc3-4)c2)CC1. The molecule has 0 fully saturated rings. The molecule has 0 saturated carbocycles. The Hall–Kier alpha value is -11.1. The Morgan fingerprint density at radius 3 is 1.28 bits per heavy atom. The van der Waals surface area contributed by atoms with E-state index in [9.17, 15) is 0 Å². The molecule has 5 aliphatic rings. The number of rotatable bonds is 9. The number of nitrogens with zero attached hydrogens (tertiary/aromatic N) is 2. The largest absolute Gasteiger partial charge is 0.310 e. The fraction of sp³-hybridized carbons (Fsp3) is 0.0889. The monoisotopic (exact) mass is 1170 g/mol. The van der Waals surface area contributed by atoms with Crippen LogP contribution in [0.25, 0.3) is 106 Å². The Morgan fingerprint density at radius 1 is 0.261 bits per heavy atom. The van der Waals surface area contributed by atoms with Gasteiger partial charge in [-0.15, -0.1) is 0 Å². The maximum Gasteiger partial charge on any atom is 0.0713 e. The van der Waals surface area contributed by atoms with Crippen molar-refractivity contribution in [3.63, 3.8) is 0 Å². The zero-order valence-electron chi connectivity index (χ0n) is 51.0. The van der Waals surface area contributed by atoms with Gasteiger partial charge < -0.3 is 9.13 Å². The van der Waals surface area contributed by atoms with Gasteiger partial charge in [-0.1, -0.05) is 231 Å². The predicted octanol–water partition coefficient (Wildman–Crippen LogP) is 21.6. The van der Waals surface area contributed by atoms with Gasteiger partial charge in [0.2, 0.25) is 0 Å². The Labute approximate surface area is 536 Å². The van der Waals surface area contributed by atoms with Gasteiger partial charge in [0, 0.05) is 33.2 Å². The highest BCUT2D eigenvalue weighted by Crippen LogP contribution is 2.59. The van der Waals surface area contributed by atoms with Gasteiger partial charge in [-0.2, -0.15) is 0 Å². The Balaban J connectivity index is 0.673. The van der Waals surface area contributed by atoms with Crippen LogP contribution in [0.1, 0.15) is 84.4 Å². The summed E-state index contributed by atoms with van der Waals surface area (Å²) in [6.45, 7) is 0. The van der Waals surface area contributed by atoms with Gasteiger partial charge in [0.1, 0.15) is 0 Å². The number of benzene rings is 13. The van der Waals surface area contributed by atoms with Crippen molar-refractivity contribution < 1.29 is 0 Å². The first-order valence-electron chi connectivity index (χ1n) is 33.0. The van der Waals surface area contributed by atoms with E-state index in [2.05, 4.69) is 312 Å². The van der Waals surface area contributed by atoms with E-state index in [-0.39, 0.29) is 0 Å². The Bertz CT molecular complexity index is 5650. The minimum atomic E-state index is -0.451. The van der Waals surface area contributed by atoms with Gasteiger partial charge in [0.05, 0.1) is 27.4 Å². The van der Waals surface area contributed by atoms with E-state index < -0.39 is 10.8 Å². The van der Waals surface area contributed by atoms with Crippen molar-refractivity contribution in [3.05, 3.63) is 375 Å². The van der Waals surface area contributed by atoms with Crippen LogP contribution < -0.4 is 0 Å². The summed E-state index contributed by atoms with van der Waals surface area (Å²) >= 11 is 0. The number of hydrogen-bond donors (Lipinski definition) is 0. The summed E-state index contributed by atoms with van der Waals surface area (Å²) in [5, 5.41) is 3.82. The number of allylic oxidation sites excluding steroid dienone is 1. The zero-order chi connectivity index (χ0) is 60.2. The molecule has 0 bridgehead atoms. The van der Waals surface area contributed by atoms with Crippen LogP contribution in [0.2, 0.25) is 0 Å². The molecule has 0 spiro atoms. The number of aryl methyl sites for hydroxylation is 5. The number of fused-ring (bicyclic) bond motifs is 14. The molecule has 0 N–H and O–H groups in total. The maximum absolute atomic E-state index is 2.52. The highest BCUT2D eigenvalue weighted by atomic mass is 15.0. The molecule has 13 aromatic carbocycles. The second kappa shape index (κ2) is 19.7. The van der Waals surface area contributed by atoms with Crippen LogP contribution in [-0.2, 0) is 42.9 Å². The third kappa shape index (κ3) is 7.26. The first-order chi connectivity index (χ1) is 45.6. The summed E-state index contributed by atoms with van der Waals surface area (Å²) in [4.78, 5) is 0. The summed E-state index contributed by atoms with van der Waals surface area (Å²) in [6, 6.07) is 112. The second-order valence-corrected chi connectivity index (χ2v) is 26.4. The summed E-state index contributed by atoms with van der Waals surface area (Å²) < 4.78 is 5.00. The van der Waals surface area contributed by atoms with Crippen molar-refractivity contribution in [1.82, 2.24) is 9.13 Å². The van der Waals surface area contributed by atoms with Crippen LogP contribution in [0, 0.1) is 0 Å². The lowest BCUT2D eigenvalue weighted by molar-refractivity contribution is 0.752. The van der Waals surface area contributed by atoms with Crippen molar-refractivity contribution in [2.45, 2.75) is 49.4 Å². The lowest BCUT2D eigenvalue weighted by Crippen LogP contribution is -2.29. The van der Waals surface area contributed by atoms with E-state index in [1.54, 1.807) is 0 Å². The van der Waals surface area contributed by atoms with E-state index >= 15 is 0 Å². The van der Waals surface area contributed by atoms with E-state index in [0.717, 1.165) is 31.4 Å². The molecule has 432 valence electrons. The molecule has 2 heterocycles. The lowest BCUT2D eigenvalue weighted by atomic mass is 9.66. The smallest absolute Gasteiger partial charge is 0.0713 e. The molecule has 2 nitrogen and oxygen atoms in total. The molecule has 0 radical (unpaired) electrons. The fourth-order valence-corrected chi connectivity index (χ4v) is 17.5. The van der Waals surface area contributed by atoms with Gasteiger partial charge in [0.15, 0.2) is 0 Å². The zero-order valence-corrected chi connectivity index (χ0v) is 51.0. The van der Waals surface area contributed by atoms with Gasteiger partial charge in [-0.3, -0.25) is 0 Å². The fourth-order valence-electron chi connectivity index (χ4n) is 17.5. The summed E-state index contributed by atoms with van der Waals surface area (Å²) in [5.41, 5.74) is 36.9. The van der Waals surface area contributed by atoms with Crippen LogP contribution in [0.4, 0.5) is 0 Å². The number of hydrogen-bond acceptors (Lipinski definition) is 0. The number of aromatic nitrogens is 2. The topological polar surface area (TPSA) is 9.86 Å². The van der Waals surface area contributed by atoms with E-state index in [1.807, 2.05) is 0 Å². The minimum Gasteiger partial charge on any atom is -0.310 e. The number of para-hydroxylation sites is 1. The van der Waals surface area contributed by atoms with E-state index in [4.69, 9.17) is 0 Å². The molecule has 0 saturated heterocycles. The van der Waals surface area contributed by atoms with Crippen molar-refractivity contribution in [1.29, 1.82) is 0 Å². The predicted molar refractivity (Wildman–Crippen MR) is 381 cm³/mol. The van der Waals surface area contributed by atoms with Crippen LogP contribution >= 0.6 is 0 Å². The molecule has 2 aromatic heterocycles. The maximum atomic E-state index is 2.52. The minimum absolute atomic E-state index is 0.447. The molecule has 0 aliphatic heterocycles. The molecule has 0 amide bonds. The molecular weight excluding hydrogens is 1110 g/mol. The lowest BCUT2D eigenvalue weighted by Gasteiger charge is -2.35. The van der Waals surface area contributed by atoms with E-state index in [0.29, 0.717) is 0 Å². The quantitative estimate of drug-likeness (QED) is 0.136. The highest BCUT2D eigenvalue weighted by Gasteiger charge is 2.48. The molecule has 2 atom stereocenters. The molecule has 5 aliphatic carbocycles. The molecule has 20 rings (SSSR count). The Kier molecular flexibility index (Phi) is 11.1. The van der Waals surface area contributed by atoms with Crippen LogP contribution in [0.3, 0.4) is 0 Å². The second-order valence-electron chi connectivity index (χ2n) is 26.4. The van der Waals surface area contributed by atoms with Crippen molar-refractivity contribution in [2.75, 3.05) is 0 Å². The first kappa shape index (κ1) is 51.8. The third-order valence-electron chi connectivity index (χ3n) is 21.9. The third-order valence-corrected chi connectivity index (χ3v) is 21.9. The van der Waals surface area contributed by atoms with Gasteiger partial charge in [-0.25, -0.2) is 0 Å². The normalized spacial score (nSPS) is 16.9. The first-order valence-corrected chi connectivity index (χ1v) is 33.0. The molecule has 2 unspecified atom stereocenters. The summed E-state index contributed by atoms with van der Waals surface area (Å²) in [5.74, 6) is 0. The average Bonchev–Trinajstić information content (AvgIpc) is 1.51. The Morgan fingerprint density at radius 2 is 0.717 bits per heavy atom. The van der Waals surface area contributed by atoms with Crippen LogP contribution in [0.5, 0.6) is 0 Å². The van der Waals surface area contributed by atoms with Crippen molar-refractivity contribution in [2.24, 2.45) is 0 Å². The molecule has 2 heteroatoms. The van der Waals surface area contributed by atoms with Crippen LogP contribution in [0.15, 0.2) is 297 Å². The molecule has 15 aromatic rings. The van der Waals surface area contributed by atoms with Crippen LogP contribution in [-0.4, -0.2) is 9.13 Å². The molecular formula is C90H62N2. The summed E-state index contributed by atoms with van der Waals surface area (Å²) in [7, 11) is 0. The van der Waals surface area contributed by atoms with Gasteiger partial charge in [-0.05, 0) is 239 Å². The van der Waals surface area contributed by atoms with E-state index in [1.165, 1.54) is 185 Å². The summed E-state index contributed by atoms with van der Waals surface area (Å²) in [6.07, 6.45) is 11.4. The highest BCUT2D eigenvalue weighted by molar-refractivity contribution is 6.11.